The highest BCUT2D eigenvalue weighted by Crippen LogP contribution is 2.01. The minimum Gasteiger partial charge on any atom is -0.356 e. The van der Waals surface area contributed by atoms with Crippen LogP contribution in [0.5, 0.6) is 0 Å². The van der Waals surface area contributed by atoms with Crippen molar-refractivity contribution in [2.24, 2.45) is 12.0 Å². The first kappa shape index (κ1) is 17.5. The molecule has 0 radical (unpaired) electrons. The van der Waals surface area contributed by atoms with E-state index in [2.05, 4.69) is 41.3 Å². The summed E-state index contributed by atoms with van der Waals surface area (Å²) in [6, 6.07) is 0. The molecule has 0 spiro atoms. The maximum Gasteiger partial charge on any atom is 0.194 e. The van der Waals surface area contributed by atoms with Gasteiger partial charge in [-0.15, -0.1) is 10.2 Å². The zero-order chi connectivity index (χ0) is 15.7. The molecule has 0 unspecified atom stereocenters. The fraction of sp³-hybridized carbons (Fsp3) is 0.800. The molecule has 1 aromatic rings. The van der Waals surface area contributed by atoms with Crippen LogP contribution in [0.4, 0.5) is 0 Å². The number of aryl methyl sites for hydroxylation is 1. The Hall–Kier alpha value is -1.59. The van der Waals surface area contributed by atoms with Gasteiger partial charge in [-0.05, 0) is 19.8 Å². The first-order chi connectivity index (χ1) is 10.1. The maximum absolute atomic E-state index is 4.70. The summed E-state index contributed by atoms with van der Waals surface area (Å²) in [6.07, 6.45) is 4.70. The monoisotopic (exact) mass is 294 g/mol. The molecule has 1 N–H and O–H groups in total. The summed E-state index contributed by atoms with van der Waals surface area (Å²) in [7, 11) is 4.07. The lowest BCUT2D eigenvalue weighted by Crippen LogP contribution is -2.40. The van der Waals surface area contributed by atoms with Gasteiger partial charge in [0.25, 0.3) is 0 Å². The Morgan fingerprint density at radius 1 is 1.24 bits per heavy atom. The van der Waals surface area contributed by atoms with Crippen LogP contribution in [-0.2, 0) is 13.6 Å². The number of hydrogen-bond donors (Lipinski definition) is 1. The van der Waals surface area contributed by atoms with Gasteiger partial charge in [-0.1, -0.05) is 26.7 Å². The van der Waals surface area contributed by atoms with Crippen LogP contribution in [0.15, 0.2) is 4.99 Å². The molecule has 0 aliphatic carbocycles. The highest BCUT2D eigenvalue weighted by atomic mass is 15.3. The lowest BCUT2D eigenvalue weighted by molar-refractivity contribution is 0.461. The van der Waals surface area contributed by atoms with Gasteiger partial charge in [0.05, 0.1) is 0 Å². The quantitative estimate of drug-likeness (QED) is 0.453. The van der Waals surface area contributed by atoms with Crippen LogP contribution in [0.25, 0.3) is 0 Å². The highest BCUT2D eigenvalue weighted by molar-refractivity contribution is 5.79. The van der Waals surface area contributed by atoms with Crippen LogP contribution >= 0.6 is 0 Å². The van der Waals surface area contributed by atoms with E-state index in [1.165, 1.54) is 19.3 Å². The van der Waals surface area contributed by atoms with E-state index in [1.54, 1.807) is 0 Å². The molecule has 1 aromatic heterocycles. The molecule has 0 aromatic carbocycles. The molecule has 6 heteroatoms. The Labute approximate surface area is 128 Å². The van der Waals surface area contributed by atoms with Crippen LogP contribution in [-0.4, -0.2) is 45.8 Å². The van der Waals surface area contributed by atoms with E-state index < -0.39 is 0 Å². The molecular formula is C15H30N6. The number of unbranched alkanes of at least 4 members (excludes halogenated alkanes) is 2. The van der Waals surface area contributed by atoms with Gasteiger partial charge in [0.2, 0.25) is 0 Å². The smallest absolute Gasteiger partial charge is 0.194 e. The Bertz CT molecular complexity index is 437. The van der Waals surface area contributed by atoms with Crippen molar-refractivity contribution in [1.82, 2.24) is 25.0 Å². The topological polar surface area (TPSA) is 58.3 Å². The molecule has 0 fully saturated rings. The van der Waals surface area contributed by atoms with E-state index >= 15 is 0 Å². The fourth-order valence-corrected chi connectivity index (χ4v) is 1.92. The van der Waals surface area contributed by atoms with Crippen molar-refractivity contribution < 1.29 is 0 Å². The molecule has 1 heterocycles. The molecule has 21 heavy (non-hydrogen) atoms. The van der Waals surface area contributed by atoms with Gasteiger partial charge in [-0.2, -0.15) is 0 Å². The summed E-state index contributed by atoms with van der Waals surface area (Å²) < 4.78 is 1.99. The van der Waals surface area contributed by atoms with Crippen LogP contribution in [0, 0.1) is 6.92 Å². The van der Waals surface area contributed by atoms with Gasteiger partial charge in [0.1, 0.15) is 12.4 Å². The second-order valence-electron chi connectivity index (χ2n) is 5.42. The average molecular weight is 294 g/mol. The normalized spacial score (nSPS) is 11.8. The first-order valence-corrected chi connectivity index (χ1v) is 7.94. The summed E-state index contributed by atoms with van der Waals surface area (Å²) in [5.74, 6) is 2.77. The number of guanidine groups is 1. The Morgan fingerprint density at radius 2 is 1.95 bits per heavy atom. The van der Waals surface area contributed by atoms with Crippen molar-refractivity contribution in [3.8, 4) is 0 Å². The molecule has 0 aliphatic heterocycles. The summed E-state index contributed by atoms with van der Waals surface area (Å²) in [6.45, 7) is 8.89. The lowest BCUT2D eigenvalue weighted by Gasteiger charge is -2.22. The molecule has 0 amide bonds. The zero-order valence-electron chi connectivity index (χ0n) is 14.2. The van der Waals surface area contributed by atoms with Gasteiger partial charge >= 0.3 is 0 Å². The Morgan fingerprint density at radius 3 is 2.52 bits per heavy atom. The lowest BCUT2D eigenvalue weighted by atomic mass is 10.3. The van der Waals surface area contributed by atoms with Crippen LogP contribution < -0.4 is 5.32 Å². The molecule has 0 atom stereocenters. The maximum atomic E-state index is 4.70. The Kier molecular flexibility index (Phi) is 7.79. The predicted octanol–water partition coefficient (Wildman–Crippen LogP) is 2.10. The largest absolute Gasteiger partial charge is 0.356 e. The van der Waals surface area contributed by atoms with Crippen molar-refractivity contribution in [2.75, 3.05) is 20.1 Å². The third kappa shape index (κ3) is 5.73. The van der Waals surface area contributed by atoms with Crippen molar-refractivity contribution in [3.63, 3.8) is 0 Å². The van der Waals surface area contributed by atoms with Crippen LogP contribution in [0.1, 0.15) is 51.2 Å². The number of nitrogens with one attached hydrogen (secondary N) is 1. The SMILES string of the molecule is CCCCNC(=NCc1nnc(C)n1C)N(C)CCCC. The van der Waals surface area contributed by atoms with E-state index in [1.807, 2.05) is 18.5 Å². The summed E-state index contributed by atoms with van der Waals surface area (Å²) in [5.41, 5.74) is 0. The summed E-state index contributed by atoms with van der Waals surface area (Å²) in [5, 5.41) is 11.7. The second kappa shape index (κ2) is 9.37. The third-order valence-electron chi connectivity index (χ3n) is 3.58. The number of aliphatic imine (C=N–C) groups is 1. The van der Waals surface area contributed by atoms with Gasteiger partial charge < -0.3 is 14.8 Å². The van der Waals surface area contributed by atoms with E-state index in [0.29, 0.717) is 6.54 Å². The third-order valence-corrected chi connectivity index (χ3v) is 3.58. The summed E-state index contributed by atoms with van der Waals surface area (Å²) in [4.78, 5) is 6.90. The van der Waals surface area contributed by atoms with Crippen molar-refractivity contribution in [3.05, 3.63) is 11.6 Å². The molecule has 120 valence electrons. The first-order valence-electron chi connectivity index (χ1n) is 7.94. The van der Waals surface area contributed by atoms with Crippen LogP contribution in [0.2, 0.25) is 0 Å². The number of aromatic nitrogens is 3. The molecule has 0 saturated carbocycles. The zero-order valence-corrected chi connectivity index (χ0v) is 14.2. The predicted molar refractivity (Wildman–Crippen MR) is 87.3 cm³/mol. The van der Waals surface area contributed by atoms with E-state index in [9.17, 15) is 0 Å². The van der Waals surface area contributed by atoms with E-state index in [-0.39, 0.29) is 0 Å². The molecule has 0 saturated heterocycles. The van der Waals surface area contributed by atoms with Gasteiger partial charge in [0.15, 0.2) is 11.8 Å². The minimum atomic E-state index is 0.558. The summed E-state index contributed by atoms with van der Waals surface area (Å²) >= 11 is 0. The fourth-order valence-electron chi connectivity index (χ4n) is 1.92. The van der Waals surface area contributed by atoms with Crippen LogP contribution in [0.3, 0.4) is 0 Å². The van der Waals surface area contributed by atoms with E-state index in [4.69, 9.17) is 4.99 Å². The number of nitrogens with zero attached hydrogens (tertiary/aromatic N) is 5. The van der Waals surface area contributed by atoms with Crippen molar-refractivity contribution in [2.45, 2.75) is 53.0 Å². The highest BCUT2D eigenvalue weighted by Gasteiger charge is 2.08. The average Bonchev–Trinajstić information content (AvgIpc) is 2.80. The van der Waals surface area contributed by atoms with Gasteiger partial charge in [-0.3, -0.25) is 0 Å². The molecule has 6 nitrogen and oxygen atoms in total. The number of hydrogen-bond acceptors (Lipinski definition) is 3. The van der Waals surface area contributed by atoms with E-state index in [0.717, 1.165) is 37.1 Å². The van der Waals surface area contributed by atoms with Crippen molar-refractivity contribution in [1.29, 1.82) is 0 Å². The van der Waals surface area contributed by atoms with Crippen molar-refractivity contribution >= 4 is 5.96 Å². The standard InChI is InChI=1S/C15H30N6/c1-6-8-10-16-15(20(4)11-9-7-2)17-12-14-19-18-13(3)21(14)5/h6-12H2,1-5H3,(H,16,17). The molecule has 1 rings (SSSR count). The minimum absolute atomic E-state index is 0.558. The molecule has 0 aliphatic rings. The second-order valence-corrected chi connectivity index (χ2v) is 5.42. The van der Waals surface area contributed by atoms with Gasteiger partial charge in [0, 0.05) is 27.2 Å². The Balaban J connectivity index is 2.69. The number of rotatable bonds is 8. The molecule has 0 bridgehead atoms. The van der Waals surface area contributed by atoms with Gasteiger partial charge in [-0.25, -0.2) is 4.99 Å². The molecular weight excluding hydrogens is 264 g/mol.